The smallest absolute Gasteiger partial charge is 0.229 e. The van der Waals surface area contributed by atoms with Crippen LogP contribution in [0.25, 0.3) is 17.3 Å². The molecule has 0 saturated heterocycles. The van der Waals surface area contributed by atoms with E-state index in [2.05, 4.69) is 32.1 Å². The highest BCUT2D eigenvalue weighted by Gasteiger charge is 2.44. The lowest BCUT2D eigenvalue weighted by atomic mass is 10.0. The van der Waals surface area contributed by atoms with E-state index in [0.29, 0.717) is 17.3 Å². The number of nitrogens with two attached hydrogens (primary N) is 1. The third-order valence-corrected chi connectivity index (χ3v) is 5.66. The number of aliphatic imine (C=N–C) groups is 1. The molecule has 1 aliphatic rings. The minimum atomic E-state index is -0.0911. The monoisotopic (exact) mass is 415 g/mol. The van der Waals surface area contributed by atoms with Gasteiger partial charge in [-0.3, -0.25) is 14.5 Å². The van der Waals surface area contributed by atoms with Gasteiger partial charge >= 0.3 is 0 Å². The molecule has 0 aliphatic heterocycles. The number of anilines is 1. The first-order chi connectivity index (χ1) is 14.9. The van der Waals surface area contributed by atoms with E-state index in [1.807, 2.05) is 45.4 Å². The molecule has 4 rings (SSSR count). The minimum absolute atomic E-state index is 0.0736. The molecule has 1 saturated carbocycles. The van der Waals surface area contributed by atoms with Crippen LogP contribution in [-0.2, 0) is 11.8 Å². The Morgan fingerprint density at radius 1 is 1.39 bits per heavy atom. The zero-order valence-electron chi connectivity index (χ0n) is 17.8. The molecule has 158 valence electrons. The Hall–Kier alpha value is -3.81. The van der Waals surface area contributed by atoms with Gasteiger partial charge in [0.2, 0.25) is 5.91 Å². The molecule has 1 fully saturated rings. The van der Waals surface area contributed by atoms with Gasteiger partial charge in [-0.25, -0.2) is 9.98 Å². The van der Waals surface area contributed by atoms with E-state index in [1.165, 1.54) is 0 Å². The van der Waals surface area contributed by atoms with Crippen molar-refractivity contribution in [2.45, 2.75) is 26.2 Å². The number of hydrogen-bond donors (Lipinski definition) is 2. The van der Waals surface area contributed by atoms with Crippen molar-refractivity contribution in [1.29, 1.82) is 0 Å². The van der Waals surface area contributed by atoms with Crippen LogP contribution in [0.4, 0.5) is 5.82 Å². The van der Waals surface area contributed by atoms with Crippen molar-refractivity contribution in [3.05, 3.63) is 65.0 Å². The molecule has 0 spiro atoms. The largest absolute Gasteiger partial charge is 0.383 e. The van der Waals surface area contributed by atoms with Crippen LogP contribution in [-0.4, -0.2) is 32.4 Å². The number of rotatable bonds is 6. The first kappa shape index (κ1) is 20.5. The third-order valence-electron chi connectivity index (χ3n) is 5.66. The van der Waals surface area contributed by atoms with E-state index in [0.717, 1.165) is 34.2 Å². The second-order valence-electron chi connectivity index (χ2n) is 7.87. The van der Waals surface area contributed by atoms with Gasteiger partial charge in [0.05, 0.1) is 11.9 Å². The first-order valence-electron chi connectivity index (χ1n) is 10.0. The van der Waals surface area contributed by atoms with Crippen LogP contribution in [0.3, 0.4) is 0 Å². The molecule has 3 aromatic rings. The molecule has 1 aliphatic carbocycles. The van der Waals surface area contributed by atoms with Crippen molar-refractivity contribution in [3.63, 3.8) is 0 Å². The summed E-state index contributed by atoms with van der Waals surface area (Å²) in [4.78, 5) is 25.4. The van der Waals surface area contributed by atoms with Gasteiger partial charge in [0.1, 0.15) is 11.6 Å². The molecular weight excluding hydrogens is 390 g/mol. The number of nitrogens with zero attached hydrogens (tertiary/aromatic N) is 5. The first-order valence-corrected chi connectivity index (χ1v) is 10.0. The summed E-state index contributed by atoms with van der Waals surface area (Å²) in [5, 5.41) is 7.08. The van der Waals surface area contributed by atoms with Gasteiger partial charge in [-0.15, -0.1) is 0 Å². The van der Waals surface area contributed by atoms with Gasteiger partial charge in [0, 0.05) is 37.1 Å². The molecule has 3 aromatic heterocycles. The lowest BCUT2D eigenvalue weighted by Crippen LogP contribution is -2.24. The summed E-state index contributed by atoms with van der Waals surface area (Å²) in [6.07, 6.45) is 9.84. The number of carbonyl (C=O) groups is 1. The van der Waals surface area contributed by atoms with Crippen LogP contribution in [0.5, 0.6) is 0 Å². The minimum Gasteiger partial charge on any atom is -0.383 e. The number of amides is 1. The third kappa shape index (κ3) is 4.23. The van der Waals surface area contributed by atoms with Crippen LogP contribution in [0.2, 0.25) is 0 Å². The van der Waals surface area contributed by atoms with Crippen LogP contribution in [0.15, 0.2) is 47.7 Å². The van der Waals surface area contributed by atoms with E-state index in [-0.39, 0.29) is 17.7 Å². The molecule has 0 bridgehead atoms. The topological polar surface area (TPSA) is 111 Å². The standard InChI is InChI=1S/C23H25N7O/c1-13-5-6-26-11-19(13)20-7-15(14(2)22(24)28-20)8-21(25-3)29-23(31)18-9-17(18)16-10-27-30(4)12-16/h5-8,10-12,17-18H,3,9H2,1-2,4H3,(H2,24,28)(H,29,31)/b21-8+/t17-,18+/m0/s1. The Morgan fingerprint density at radius 2 is 2.19 bits per heavy atom. The molecule has 31 heavy (non-hydrogen) atoms. The van der Waals surface area contributed by atoms with Crippen molar-refractivity contribution >= 4 is 24.5 Å². The molecular formula is C23H25N7O. The lowest BCUT2D eigenvalue weighted by molar-refractivity contribution is -0.121. The summed E-state index contributed by atoms with van der Waals surface area (Å²) in [5.74, 6) is 0.824. The van der Waals surface area contributed by atoms with Crippen LogP contribution < -0.4 is 11.1 Å². The second-order valence-corrected chi connectivity index (χ2v) is 7.87. The highest BCUT2D eigenvalue weighted by Crippen LogP contribution is 2.47. The van der Waals surface area contributed by atoms with Gasteiger partial charge in [-0.1, -0.05) is 0 Å². The fourth-order valence-electron chi connectivity index (χ4n) is 3.64. The Balaban J connectivity index is 1.57. The molecule has 0 unspecified atom stereocenters. The highest BCUT2D eigenvalue weighted by molar-refractivity contribution is 5.85. The normalized spacial score (nSPS) is 18.0. The quantitative estimate of drug-likeness (QED) is 0.601. The molecule has 2 atom stereocenters. The van der Waals surface area contributed by atoms with Crippen molar-refractivity contribution in [2.24, 2.45) is 18.0 Å². The van der Waals surface area contributed by atoms with Gasteiger partial charge in [-0.2, -0.15) is 5.10 Å². The molecule has 3 N–H and O–H groups in total. The average Bonchev–Trinajstić information content (AvgIpc) is 3.44. The van der Waals surface area contributed by atoms with Crippen molar-refractivity contribution in [2.75, 3.05) is 5.73 Å². The molecule has 8 heteroatoms. The number of nitrogens with one attached hydrogen (secondary N) is 1. The fraction of sp³-hybridized carbons (Fsp3) is 0.261. The maximum absolute atomic E-state index is 12.7. The van der Waals surface area contributed by atoms with E-state index in [4.69, 9.17) is 5.73 Å². The summed E-state index contributed by atoms with van der Waals surface area (Å²) in [6.45, 7) is 7.49. The predicted molar refractivity (Wildman–Crippen MR) is 121 cm³/mol. The van der Waals surface area contributed by atoms with Gasteiger partial charge < -0.3 is 11.1 Å². The lowest BCUT2D eigenvalue weighted by Gasteiger charge is -2.11. The summed E-state index contributed by atoms with van der Waals surface area (Å²) in [5.41, 5.74) is 11.5. The number of pyridine rings is 2. The van der Waals surface area contributed by atoms with E-state index in [9.17, 15) is 4.79 Å². The summed E-state index contributed by atoms with van der Waals surface area (Å²) < 4.78 is 1.75. The Kier molecular flexibility index (Phi) is 5.37. The maximum atomic E-state index is 12.7. The van der Waals surface area contributed by atoms with Crippen LogP contribution >= 0.6 is 0 Å². The van der Waals surface area contributed by atoms with Crippen LogP contribution in [0.1, 0.15) is 34.6 Å². The van der Waals surface area contributed by atoms with Crippen LogP contribution in [0, 0.1) is 19.8 Å². The molecule has 1 amide bonds. The van der Waals surface area contributed by atoms with E-state index in [1.54, 1.807) is 23.2 Å². The number of carbonyl (C=O) groups excluding carboxylic acids is 1. The molecule has 0 aromatic carbocycles. The van der Waals surface area contributed by atoms with Gasteiger partial charge in [0.15, 0.2) is 0 Å². The Bertz CT molecular complexity index is 1190. The molecule has 8 nitrogen and oxygen atoms in total. The predicted octanol–water partition coefficient (Wildman–Crippen LogP) is 3.00. The summed E-state index contributed by atoms with van der Waals surface area (Å²) >= 11 is 0. The summed E-state index contributed by atoms with van der Waals surface area (Å²) in [6, 6.07) is 3.84. The van der Waals surface area contributed by atoms with Gasteiger partial charge in [-0.05, 0) is 73.4 Å². The fourth-order valence-corrected chi connectivity index (χ4v) is 3.64. The number of aromatic nitrogens is 4. The van der Waals surface area contributed by atoms with E-state index < -0.39 is 0 Å². The number of nitrogen functional groups attached to an aromatic ring is 1. The number of hydrogen-bond acceptors (Lipinski definition) is 6. The average molecular weight is 416 g/mol. The van der Waals surface area contributed by atoms with Crippen molar-refractivity contribution in [3.8, 4) is 11.3 Å². The highest BCUT2D eigenvalue weighted by atomic mass is 16.2. The summed E-state index contributed by atoms with van der Waals surface area (Å²) in [7, 11) is 1.87. The zero-order valence-corrected chi connectivity index (χ0v) is 17.8. The Labute approximate surface area is 180 Å². The van der Waals surface area contributed by atoms with Crippen molar-refractivity contribution < 1.29 is 4.79 Å². The second kappa shape index (κ2) is 8.14. The zero-order chi connectivity index (χ0) is 22.1. The SMILES string of the molecule is C=N/C(=C\c1cc(-c2cnccc2C)nc(N)c1C)NC(=O)[C@@H]1C[C@H]1c1cnn(C)c1. The van der Waals surface area contributed by atoms with E-state index >= 15 is 0 Å². The molecule has 0 radical (unpaired) electrons. The van der Waals surface area contributed by atoms with Crippen molar-refractivity contribution in [1.82, 2.24) is 25.1 Å². The van der Waals surface area contributed by atoms with Gasteiger partial charge in [0.25, 0.3) is 0 Å². The Morgan fingerprint density at radius 3 is 2.87 bits per heavy atom. The molecule has 3 heterocycles. The number of aryl methyl sites for hydroxylation is 2. The maximum Gasteiger partial charge on any atom is 0.229 e.